The molecule has 0 fully saturated rings. The maximum atomic E-state index is 14.3. The lowest BCUT2D eigenvalue weighted by Crippen LogP contribution is -2.60. The second kappa shape index (κ2) is 12.0. The van der Waals surface area contributed by atoms with Crippen LogP contribution in [-0.4, -0.2) is 50.6 Å². The quantitative estimate of drug-likeness (QED) is 0.422. The summed E-state index contributed by atoms with van der Waals surface area (Å²) in [5.74, 6) is -0.561. The summed E-state index contributed by atoms with van der Waals surface area (Å²) in [6.07, 6.45) is 0.255. The topological polar surface area (TPSA) is 108 Å². The number of benzene rings is 1. The molecule has 0 aliphatic heterocycles. The van der Waals surface area contributed by atoms with E-state index in [9.17, 15) is 19.5 Å². The molecule has 0 aromatic heterocycles. The van der Waals surface area contributed by atoms with Crippen molar-refractivity contribution < 1.29 is 24.2 Å². The molecule has 0 aliphatic rings. The zero-order valence-corrected chi connectivity index (χ0v) is 24.0. The first kappa shape index (κ1) is 31.3. The van der Waals surface area contributed by atoms with Gasteiger partial charge >= 0.3 is 6.09 Å². The van der Waals surface area contributed by atoms with E-state index in [-0.39, 0.29) is 23.5 Å². The Kier molecular flexibility index (Phi) is 10.4. The van der Waals surface area contributed by atoms with Crippen molar-refractivity contribution in [2.45, 2.75) is 118 Å². The zero-order valence-electron chi connectivity index (χ0n) is 24.0. The molecule has 0 bridgehead atoms. The molecule has 0 saturated heterocycles. The second-order valence-corrected chi connectivity index (χ2v) is 12.4. The zero-order chi connectivity index (χ0) is 28.1. The summed E-state index contributed by atoms with van der Waals surface area (Å²) < 4.78 is 5.44. The first-order valence-electron chi connectivity index (χ1n) is 12.7. The molecule has 3 N–H and O–H groups in total. The van der Waals surface area contributed by atoms with Crippen LogP contribution in [0.5, 0.6) is 5.75 Å². The number of nitrogens with zero attached hydrogens (tertiary/aromatic N) is 1. The number of hydrogen-bond acceptors (Lipinski definition) is 5. The van der Waals surface area contributed by atoms with Crippen LogP contribution < -0.4 is 10.6 Å². The minimum absolute atomic E-state index is 0.0608. The van der Waals surface area contributed by atoms with Gasteiger partial charge in [-0.05, 0) is 91.8 Å². The summed E-state index contributed by atoms with van der Waals surface area (Å²) in [5, 5.41) is 15.6. The van der Waals surface area contributed by atoms with E-state index in [2.05, 4.69) is 10.6 Å². The highest BCUT2D eigenvalue weighted by atomic mass is 16.6. The van der Waals surface area contributed by atoms with Crippen LogP contribution >= 0.6 is 0 Å². The van der Waals surface area contributed by atoms with Crippen molar-refractivity contribution in [3.8, 4) is 5.75 Å². The van der Waals surface area contributed by atoms with Crippen LogP contribution in [0.15, 0.2) is 24.3 Å². The van der Waals surface area contributed by atoms with Gasteiger partial charge in [0.2, 0.25) is 11.8 Å². The molecule has 1 rings (SSSR count). The molecular formula is C28H47N3O5. The van der Waals surface area contributed by atoms with E-state index in [1.165, 1.54) is 12.1 Å². The molecular weight excluding hydrogens is 458 g/mol. The summed E-state index contributed by atoms with van der Waals surface area (Å²) in [5.41, 5.74) is -1.44. The molecule has 1 aromatic rings. The normalized spacial score (nSPS) is 14.1. The second-order valence-electron chi connectivity index (χ2n) is 12.4. The Morgan fingerprint density at radius 1 is 0.972 bits per heavy atom. The van der Waals surface area contributed by atoms with Crippen molar-refractivity contribution in [3.63, 3.8) is 0 Å². The highest BCUT2D eigenvalue weighted by Crippen LogP contribution is 2.34. The van der Waals surface area contributed by atoms with Crippen molar-refractivity contribution >= 4 is 17.9 Å². The van der Waals surface area contributed by atoms with E-state index < -0.39 is 34.9 Å². The third kappa shape index (κ3) is 9.70. The first-order valence-corrected chi connectivity index (χ1v) is 12.7. The van der Waals surface area contributed by atoms with Crippen LogP contribution in [0.3, 0.4) is 0 Å². The van der Waals surface area contributed by atoms with Gasteiger partial charge in [-0.1, -0.05) is 32.9 Å². The van der Waals surface area contributed by atoms with Crippen LogP contribution in [0.25, 0.3) is 0 Å². The van der Waals surface area contributed by atoms with Crippen LogP contribution in [0, 0.1) is 5.92 Å². The molecule has 8 nitrogen and oxygen atoms in total. The van der Waals surface area contributed by atoms with Crippen molar-refractivity contribution in [3.05, 3.63) is 29.8 Å². The fourth-order valence-corrected chi connectivity index (χ4v) is 3.77. The molecule has 0 heterocycles. The average Bonchev–Trinajstić information content (AvgIpc) is 2.68. The number of rotatable bonds is 9. The number of alkyl carbamates (subject to hydrolysis) is 1. The maximum absolute atomic E-state index is 14.3. The predicted molar refractivity (Wildman–Crippen MR) is 143 cm³/mol. The van der Waals surface area contributed by atoms with Crippen LogP contribution in [0.4, 0.5) is 4.79 Å². The Morgan fingerprint density at radius 2 is 1.50 bits per heavy atom. The van der Waals surface area contributed by atoms with E-state index in [0.29, 0.717) is 18.4 Å². The van der Waals surface area contributed by atoms with E-state index >= 15 is 0 Å². The number of phenolic OH excluding ortho intramolecular Hbond substituents is 1. The number of phenols is 1. The van der Waals surface area contributed by atoms with Crippen molar-refractivity contribution in [1.82, 2.24) is 15.5 Å². The molecule has 0 radical (unpaired) electrons. The van der Waals surface area contributed by atoms with Crippen molar-refractivity contribution in [2.24, 2.45) is 5.92 Å². The average molecular weight is 506 g/mol. The monoisotopic (exact) mass is 505 g/mol. The molecule has 0 spiro atoms. The van der Waals surface area contributed by atoms with E-state index in [1.54, 1.807) is 37.8 Å². The molecule has 1 aromatic carbocycles. The van der Waals surface area contributed by atoms with Gasteiger partial charge in [0.25, 0.3) is 0 Å². The largest absolute Gasteiger partial charge is 0.508 e. The van der Waals surface area contributed by atoms with Gasteiger partial charge in [0.1, 0.15) is 23.4 Å². The lowest BCUT2D eigenvalue weighted by Gasteiger charge is -2.45. The van der Waals surface area contributed by atoms with Gasteiger partial charge < -0.3 is 25.4 Å². The lowest BCUT2D eigenvalue weighted by atomic mass is 9.90. The standard InChI is InChI=1S/C28H47N3O5/c1-12-28(10,11)31(24(34)21(17-18(2)3)29-25(35)36-27(7,8)9)22(23(33)30-26(4,5)6)19-13-15-20(32)16-14-19/h13-16,18,21-22,32H,12,17H2,1-11H3,(H,29,35)(H,30,33). The van der Waals surface area contributed by atoms with Crippen molar-refractivity contribution in [1.29, 1.82) is 0 Å². The number of carbonyl (C=O) groups is 3. The predicted octanol–water partition coefficient (Wildman–Crippen LogP) is 5.30. The highest BCUT2D eigenvalue weighted by molar-refractivity contribution is 5.93. The Labute approximate surface area is 217 Å². The van der Waals surface area contributed by atoms with Crippen LogP contribution in [0.1, 0.15) is 101 Å². The summed E-state index contributed by atoms with van der Waals surface area (Å²) >= 11 is 0. The fourth-order valence-electron chi connectivity index (χ4n) is 3.77. The molecule has 8 heteroatoms. The molecule has 0 aliphatic carbocycles. The fraction of sp³-hybridized carbons (Fsp3) is 0.679. The van der Waals surface area contributed by atoms with Gasteiger partial charge in [-0.15, -0.1) is 0 Å². The van der Waals surface area contributed by atoms with Gasteiger partial charge in [0, 0.05) is 11.1 Å². The maximum Gasteiger partial charge on any atom is 0.408 e. The molecule has 204 valence electrons. The first-order chi connectivity index (χ1) is 16.3. The molecule has 2 unspecified atom stereocenters. The summed E-state index contributed by atoms with van der Waals surface area (Å²) in [6.45, 7) is 20.6. The lowest BCUT2D eigenvalue weighted by molar-refractivity contribution is -0.150. The minimum atomic E-state index is -0.984. The van der Waals surface area contributed by atoms with Gasteiger partial charge in [0.05, 0.1) is 0 Å². The molecule has 3 amide bonds. The number of nitrogens with one attached hydrogen (secondary N) is 2. The molecule has 36 heavy (non-hydrogen) atoms. The Hall–Kier alpha value is -2.77. The van der Waals surface area contributed by atoms with E-state index in [1.807, 2.05) is 55.4 Å². The SMILES string of the molecule is CCC(C)(C)N(C(=O)C(CC(C)C)NC(=O)OC(C)(C)C)C(C(=O)NC(C)(C)C)c1ccc(O)cc1. The van der Waals surface area contributed by atoms with E-state index in [4.69, 9.17) is 4.74 Å². The summed E-state index contributed by atoms with van der Waals surface area (Å²) in [6, 6.07) is 4.41. The smallest absolute Gasteiger partial charge is 0.408 e. The third-order valence-corrected chi connectivity index (χ3v) is 5.66. The van der Waals surface area contributed by atoms with Gasteiger partial charge in [-0.25, -0.2) is 4.79 Å². The number of hydrogen-bond donors (Lipinski definition) is 3. The van der Waals surface area contributed by atoms with Crippen molar-refractivity contribution in [2.75, 3.05) is 0 Å². The van der Waals surface area contributed by atoms with Crippen LogP contribution in [-0.2, 0) is 14.3 Å². The van der Waals surface area contributed by atoms with Gasteiger partial charge in [-0.2, -0.15) is 0 Å². The summed E-state index contributed by atoms with van der Waals surface area (Å²) in [4.78, 5) is 42.3. The number of aromatic hydroxyl groups is 1. The molecule has 2 atom stereocenters. The minimum Gasteiger partial charge on any atom is -0.508 e. The highest BCUT2D eigenvalue weighted by Gasteiger charge is 2.43. The summed E-state index contributed by atoms with van der Waals surface area (Å²) in [7, 11) is 0. The third-order valence-electron chi connectivity index (χ3n) is 5.66. The molecule has 0 saturated carbocycles. The van der Waals surface area contributed by atoms with E-state index in [0.717, 1.165) is 0 Å². The number of amides is 3. The van der Waals surface area contributed by atoms with Crippen LogP contribution in [0.2, 0.25) is 0 Å². The number of ether oxygens (including phenoxy) is 1. The van der Waals surface area contributed by atoms with Gasteiger partial charge in [-0.3, -0.25) is 9.59 Å². The van der Waals surface area contributed by atoms with Gasteiger partial charge in [0.15, 0.2) is 0 Å². The Bertz CT molecular complexity index is 895. The Balaban J connectivity index is 3.66. The Morgan fingerprint density at radius 3 is 1.92 bits per heavy atom. The number of carbonyl (C=O) groups excluding carboxylic acids is 3.